The zero-order chi connectivity index (χ0) is 28.6. The Bertz CT molecular complexity index is 1730. The monoisotopic (exact) mass is 566 g/mol. The third-order valence-corrected chi connectivity index (χ3v) is 8.80. The molecule has 5 heterocycles. The van der Waals surface area contributed by atoms with Gasteiger partial charge in [-0.1, -0.05) is 12.1 Å². The highest BCUT2D eigenvalue weighted by Gasteiger charge is 2.26. The predicted molar refractivity (Wildman–Crippen MR) is 164 cm³/mol. The molecule has 0 saturated carbocycles. The molecule has 1 aliphatic heterocycles. The van der Waals surface area contributed by atoms with E-state index in [1.165, 1.54) is 10.4 Å². The van der Waals surface area contributed by atoms with E-state index < -0.39 is 0 Å². The van der Waals surface area contributed by atoms with E-state index in [-0.39, 0.29) is 11.4 Å². The molecule has 9 nitrogen and oxygen atoms in total. The fraction of sp³-hybridized carbons (Fsp3) is 0.323. The van der Waals surface area contributed by atoms with Gasteiger partial charge in [-0.2, -0.15) is 5.10 Å². The lowest BCUT2D eigenvalue weighted by Gasteiger charge is -2.31. The molecule has 1 aliphatic rings. The summed E-state index contributed by atoms with van der Waals surface area (Å²) in [6.07, 6.45) is 9.73. The van der Waals surface area contributed by atoms with Crippen LogP contribution in [-0.4, -0.2) is 66.1 Å². The van der Waals surface area contributed by atoms with Crippen molar-refractivity contribution in [3.63, 3.8) is 0 Å². The maximum atomic E-state index is 12.9. The third-order valence-electron chi connectivity index (χ3n) is 7.68. The van der Waals surface area contributed by atoms with Crippen molar-refractivity contribution < 1.29 is 4.79 Å². The predicted octanol–water partition coefficient (Wildman–Crippen LogP) is 5.40. The summed E-state index contributed by atoms with van der Waals surface area (Å²) in [5.74, 6) is 0.842. The van der Waals surface area contributed by atoms with Gasteiger partial charge in [0.05, 0.1) is 35.9 Å². The van der Waals surface area contributed by atoms with Gasteiger partial charge in [0.1, 0.15) is 17.0 Å². The van der Waals surface area contributed by atoms with Crippen LogP contribution in [0.4, 0.5) is 11.5 Å². The van der Waals surface area contributed by atoms with Gasteiger partial charge in [-0.15, -0.1) is 11.3 Å². The number of likely N-dealkylation sites (N-methyl/N-ethyl adjacent to an activating group) is 1. The van der Waals surface area contributed by atoms with Crippen molar-refractivity contribution in [2.24, 2.45) is 0 Å². The normalized spacial score (nSPS) is 13.9. The number of amides is 1. The summed E-state index contributed by atoms with van der Waals surface area (Å²) in [4.78, 5) is 32.8. The first kappa shape index (κ1) is 27.0. The minimum atomic E-state index is 0.0525. The Hall–Kier alpha value is -4.15. The molecule has 0 spiro atoms. The number of aromatic nitrogens is 5. The van der Waals surface area contributed by atoms with Crippen LogP contribution in [0.3, 0.4) is 0 Å². The Balaban J connectivity index is 1.19. The molecule has 0 unspecified atom stereocenters. The summed E-state index contributed by atoms with van der Waals surface area (Å²) in [7, 11) is 2.07. The fourth-order valence-electron chi connectivity index (χ4n) is 4.97. The largest absolute Gasteiger partial charge is 0.340 e. The number of hydrogen-bond donors (Lipinski definition) is 1. The molecule has 0 bridgehead atoms. The van der Waals surface area contributed by atoms with Crippen molar-refractivity contribution >= 4 is 49.9 Å². The van der Waals surface area contributed by atoms with Gasteiger partial charge >= 0.3 is 0 Å². The number of anilines is 2. The number of hydrogen-bond acceptors (Lipinski definition) is 8. The van der Waals surface area contributed by atoms with Crippen molar-refractivity contribution in [1.29, 1.82) is 0 Å². The van der Waals surface area contributed by atoms with Crippen LogP contribution in [0, 0.1) is 0 Å². The molecule has 0 fully saturated rings. The SMILES string of the molecule is CN(C/C=C/C(=O)N1CCc2c(sc3ncnc(Nc4ccc5c(cnn5Cc5ccccn5)c4)c23)C1)C(C)(C)C. The number of carbonyl (C=O) groups excluding carboxylic acids is 1. The van der Waals surface area contributed by atoms with Crippen LogP contribution >= 0.6 is 11.3 Å². The first-order valence-corrected chi connectivity index (χ1v) is 14.6. The molecule has 210 valence electrons. The fourth-order valence-corrected chi connectivity index (χ4v) is 6.18. The Morgan fingerprint density at radius 3 is 2.85 bits per heavy atom. The highest BCUT2D eigenvalue weighted by molar-refractivity contribution is 7.19. The molecular formula is C31H34N8OS. The molecule has 0 radical (unpaired) electrons. The van der Waals surface area contributed by atoms with E-state index in [1.54, 1.807) is 29.9 Å². The van der Waals surface area contributed by atoms with E-state index in [9.17, 15) is 4.79 Å². The highest BCUT2D eigenvalue weighted by Crippen LogP contribution is 2.38. The van der Waals surface area contributed by atoms with Crippen molar-refractivity contribution in [3.05, 3.63) is 83.4 Å². The average Bonchev–Trinajstić information content (AvgIpc) is 3.53. The number of thiophene rings is 1. The number of fused-ring (bicyclic) bond motifs is 4. The molecule has 0 saturated heterocycles. The molecule has 4 aromatic heterocycles. The summed E-state index contributed by atoms with van der Waals surface area (Å²) in [5, 5.41) is 10.2. The standard InChI is InChI=1S/C31H34N8OS/c1-31(2,3)37(4)14-7-9-27(40)38-15-12-24-26(19-38)41-30-28(24)29(33-20-34-30)36-22-10-11-25-21(16-22)17-35-39(25)18-23-8-5-6-13-32-23/h5-11,13,16-17,20H,12,14-15,18-19H2,1-4H3,(H,33,34,36)/b9-7+. The molecule has 5 aromatic rings. The molecule has 0 aliphatic carbocycles. The molecule has 41 heavy (non-hydrogen) atoms. The second-order valence-electron chi connectivity index (χ2n) is 11.4. The average molecular weight is 567 g/mol. The molecule has 0 atom stereocenters. The molecule has 6 rings (SSSR count). The Morgan fingerprint density at radius 2 is 2.05 bits per heavy atom. The molecule has 1 amide bonds. The van der Waals surface area contributed by atoms with Gasteiger partial charge in [0.2, 0.25) is 5.91 Å². The van der Waals surface area contributed by atoms with E-state index in [0.29, 0.717) is 19.6 Å². The van der Waals surface area contributed by atoms with E-state index in [1.807, 2.05) is 40.1 Å². The Labute approximate surface area is 243 Å². The van der Waals surface area contributed by atoms with Crippen molar-refractivity contribution in [3.8, 4) is 0 Å². The van der Waals surface area contributed by atoms with E-state index >= 15 is 0 Å². The lowest BCUT2D eigenvalue weighted by molar-refractivity contribution is -0.126. The van der Waals surface area contributed by atoms with Crippen LogP contribution in [0.25, 0.3) is 21.1 Å². The Morgan fingerprint density at radius 1 is 1.17 bits per heavy atom. The number of rotatable bonds is 7. The first-order chi connectivity index (χ1) is 19.8. The van der Waals surface area contributed by atoms with Crippen molar-refractivity contribution in [2.75, 3.05) is 25.5 Å². The summed E-state index contributed by atoms with van der Waals surface area (Å²) >= 11 is 1.65. The highest BCUT2D eigenvalue weighted by atomic mass is 32.1. The van der Waals surface area contributed by atoms with Gasteiger partial charge in [-0.25, -0.2) is 9.97 Å². The van der Waals surface area contributed by atoms with Crippen molar-refractivity contribution in [1.82, 2.24) is 34.5 Å². The second-order valence-corrected chi connectivity index (χ2v) is 12.5. The van der Waals surface area contributed by atoms with Crippen LogP contribution < -0.4 is 5.32 Å². The number of benzene rings is 1. The van der Waals surface area contributed by atoms with Crippen molar-refractivity contribution in [2.45, 2.75) is 45.8 Å². The Kier molecular flexibility index (Phi) is 7.27. The lowest BCUT2D eigenvalue weighted by Crippen LogP contribution is -2.38. The first-order valence-electron chi connectivity index (χ1n) is 13.8. The second kappa shape index (κ2) is 11.0. The quantitative estimate of drug-likeness (QED) is 0.264. The summed E-state index contributed by atoms with van der Waals surface area (Å²) in [6, 6.07) is 12.1. The van der Waals surface area contributed by atoms with Gasteiger partial charge in [0, 0.05) is 46.9 Å². The van der Waals surface area contributed by atoms with Gasteiger partial charge < -0.3 is 10.2 Å². The molecule has 10 heteroatoms. The maximum absolute atomic E-state index is 12.9. The third kappa shape index (κ3) is 5.71. The minimum absolute atomic E-state index is 0.0525. The summed E-state index contributed by atoms with van der Waals surface area (Å²) in [5.41, 5.74) is 4.25. The maximum Gasteiger partial charge on any atom is 0.246 e. The van der Waals surface area contributed by atoms with Gasteiger partial charge in [-0.05, 0) is 70.1 Å². The molecular weight excluding hydrogens is 532 g/mol. The topological polar surface area (TPSA) is 92.1 Å². The van der Waals surface area contributed by atoms with Gasteiger partial charge in [-0.3, -0.25) is 19.4 Å². The number of pyridine rings is 1. The van der Waals surface area contributed by atoms with Crippen LogP contribution in [-0.2, 0) is 24.3 Å². The van der Waals surface area contributed by atoms with E-state index in [2.05, 4.69) is 76.3 Å². The van der Waals surface area contributed by atoms with Crippen LogP contribution in [0.1, 0.15) is 36.9 Å². The smallest absolute Gasteiger partial charge is 0.246 e. The van der Waals surface area contributed by atoms with E-state index in [0.717, 1.165) is 51.3 Å². The van der Waals surface area contributed by atoms with Crippen LogP contribution in [0.2, 0.25) is 0 Å². The van der Waals surface area contributed by atoms with Crippen LogP contribution in [0.5, 0.6) is 0 Å². The molecule has 1 N–H and O–H groups in total. The lowest BCUT2D eigenvalue weighted by atomic mass is 10.0. The van der Waals surface area contributed by atoms with E-state index in [4.69, 9.17) is 0 Å². The van der Waals surface area contributed by atoms with Crippen LogP contribution in [0.15, 0.2) is 67.3 Å². The molecule has 1 aromatic carbocycles. The van der Waals surface area contributed by atoms with Gasteiger partial charge in [0.15, 0.2) is 0 Å². The zero-order valence-corrected chi connectivity index (χ0v) is 24.6. The number of carbonyl (C=O) groups is 1. The summed E-state index contributed by atoms with van der Waals surface area (Å²) < 4.78 is 1.96. The zero-order valence-electron chi connectivity index (χ0n) is 23.8. The number of nitrogens with one attached hydrogen (secondary N) is 1. The van der Waals surface area contributed by atoms with Gasteiger partial charge in [0.25, 0.3) is 0 Å². The minimum Gasteiger partial charge on any atom is -0.340 e. The number of nitrogens with zero attached hydrogens (tertiary/aromatic N) is 7. The summed E-state index contributed by atoms with van der Waals surface area (Å²) in [6.45, 7) is 9.12.